The molecule has 0 aliphatic rings. The first-order valence-electron chi connectivity index (χ1n) is 4.22. The quantitative estimate of drug-likeness (QED) is 0.791. The van der Waals surface area contributed by atoms with Crippen molar-refractivity contribution in [2.75, 3.05) is 6.61 Å². The molecule has 0 atom stereocenters. The molecular formula is C9H9BrF3NO. The predicted octanol–water partition coefficient (Wildman–Crippen LogP) is 3.31. The molecule has 84 valence electrons. The number of nitrogens with zero attached hydrogens (tertiary/aromatic N) is 1. The van der Waals surface area contributed by atoms with Gasteiger partial charge in [-0.05, 0) is 28.1 Å². The number of pyridine rings is 1. The van der Waals surface area contributed by atoms with Gasteiger partial charge in [0.25, 0.3) is 0 Å². The summed E-state index contributed by atoms with van der Waals surface area (Å²) in [7, 11) is 0. The first-order chi connectivity index (χ1) is 6.97. The van der Waals surface area contributed by atoms with Crippen molar-refractivity contribution in [3.05, 3.63) is 28.5 Å². The molecular weight excluding hydrogens is 275 g/mol. The van der Waals surface area contributed by atoms with Crippen LogP contribution in [0, 0.1) is 0 Å². The standard InChI is InChI=1S/C9H9BrF3NO/c10-7-1-2-8(14-5-7)6-15-4-3-9(11,12)13/h1-2,5H,3-4,6H2. The number of hydrogen-bond donors (Lipinski definition) is 0. The normalized spacial score (nSPS) is 11.7. The van der Waals surface area contributed by atoms with E-state index in [1.807, 2.05) is 0 Å². The molecule has 0 radical (unpaired) electrons. The average molecular weight is 284 g/mol. The van der Waals surface area contributed by atoms with E-state index in [1.54, 1.807) is 18.3 Å². The Morgan fingerprint density at radius 1 is 1.33 bits per heavy atom. The van der Waals surface area contributed by atoms with Gasteiger partial charge in [0.15, 0.2) is 0 Å². The molecule has 1 aromatic heterocycles. The highest BCUT2D eigenvalue weighted by atomic mass is 79.9. The van der Waals surface area contributed by atoms with Gasteiger partial charge in [0.05, 0.1) is 25.3 Å². The van der Waals surface area contributed by atoms with E-state index in [-0.39, 0.29) is 13.2 Å². The van der Waals surface area contributed by atoms with Crippen LogP contribution in [0.25, 0.3) is 0 Å². The topological polar surface area (TPSA) is 22.1 Å². The first kappa shape index (κ1) is 12.4. The monoisotopic (exact) mass is 283 g/mol. The molecule has 2 nitrogen and oxygen atoms in total. The number of halogens is 4. The molecule has 1 aromatic rings. The number of rotatable bonds is 4. The lowest BCUT2D eigenvalue weighted by molar-refractivity contribution is -0.146. The van der Waals surface area contributed by atoms with Gasteiger partial charge in [0, 0.05) is 10.7 Å². The van der Waals surface area contributed by atoms with Crippen molar-refractivity contribution >= 4 is 15.9 Å². The summed E-state index contributed by atoms with van der Waals surface area (Å²) in [6.45, 7) is -0.232. The Bertz CT molecular complexity index is 299. The third kappa shape index (κ3) is 5.74. The van der Waals surface area contributed by atoms with E-state index >= 15 is 0 Å². The largest absolute Gasteiger partial charge is 0.391 e. The summed E-state index contributed by atoms with van der Waals surface area (Å²) in [6.07, 6.45) is -3.51. The van der Waals surface area contributed by atoms with Gasteiger partial charge in [-0.2, -0.15) is 13.2 Å². The van der Waals surface area contributed by atoms with Crippen LogP contribution in [0.4, 0.5) is 13.2 Å². The molecule has 0 saturated heterocycles. The molecule has 0 N–H and O–H groups in total. The molecule has 0 aliphatic heterocycles. The van der Waals surface area contributed by atoms with E-state index in [4.69, 9.17) is 4.74 Å². The van der Waals surface area contributed by atoms with Gasteiger partial charge >= 0.3 is 6.18 Å². The Balaban J connectivity index is 2.23. The number of hydrogen-bond acceptors (Lipinski definition) is 2. The lowest BCUT2D eigenvalue weighted by atomic mass is 10.4. The van der Waals surface area contributed by atoms with Crippen molar-refractivity contribution in [1.82, 2.24) is 4.98 Å². The zero-order valence-corrected chi connectivity index (χ0v) is 9.31. The molecule has 0 aromatic carbocycles. The number of ether oxygens (including phenoxy) is 1. The van der Waals surface area contributed by atoms with E-state index in [9.17, 15) is 13.2 Å². The van der Waals surface area contributed by atoms with E-state index < -0.39 is 12.6 Å². The summed E-state index contributed by atoms with van der Waals surface area (Å²) in [6, 6.07) is 3.45. The Morgan fingerprint density at radius 3 is 2.60 bits per heavy atom. The van der Waals surface area contributed by atoms with E-state index in [0.29, 0.717) is 5.69 Å². The van der Waals surface area contributed by atoms with E-state index in [0.717, 1.165) is 4.47 Å². The molecule has 1 heterocycles. The van der Waals surface area contributed by atoms with Crippen LogP contribution >= 0.6 is 15.9 Å². The summed E-state index contributed by atoms with van der Waals surface area (Å²) in [5.41, 5.74) is 0.611. The maximum absolute atomic E-state index is 11.7. The average Bonchev–Trinajstić information content (AvgIpc) is 2.14. The number of aromatic nitrogens is 1. The highest BCUT2D eigenvalue weighted by Gasteiger charge is 2.26. The summed E-state index contributed by atoms with van der Waals surface area (Å²) in [5.74, 6) is 0. The maximum Gasteiger partial charge on any atom is 0.391 e. The van der Waals surface area contributed by atoms with Gasteiger partial charge in [-0.3, -0.25) is 4.98 Å². The fourth-order valence-electron chi connectivity index (χ4n) is 0.856. The van der Waals surface area contributed by atoms with Gasteiger partial charge in [0.2, 0.25) is 0 Å². The van der Waals surface area contributed by atoms with Gasteiger partial charge < -0.3 is 4.74 Å². The molecule has 15 heavy (non-hydrogen) atoms. The van der Waals surface area contributed by atoms with Crippen LogP contribution in [0.3, 0.4) is 0 Å². The summed E-state index contributed by atoms with van der Waals surface area (Å²) >= 11 is 3.20. The van der Waals surface area contributed by atoms with Gasteiger partial charge in [0.1, 0.15) is 0 Å². The highest BCUT2D eigenvalue weighted by molar-refractivity contribution is 9.10. The van der Waals surface area contributed by atoms with Gasteiger partial charge in [-0.1, -0.05) is 0 Å². The Morgan fingerprint density at radius 2 is 2.07 bits per heavy atom. The van der Waals surface area contributed by atoms with Crippen molar-refractivity contribution in [2.24, 2.45) is 0 Å². The summed E-state index contributed by atoms with van der Waals surface area (Å²) < 4.78 is 40.9. The second-order valence-corrected chi connectivity index (χ2v) is 3.80. The molecule has 0 aliphatic carbocycles. The second kappa shape index (κ2) is 5.46. The van der Waals surface area contributed by atoms with Crippen LogP contribution in [0.15, 0.2) is 22.8 Å². The van der Waals surface area contributed by atoms with Gasteiger partial charge in [-0.25, -0.2) is 0 Å². The fraction of sp³-hybridized carbons (Fsp3) is 0.444. The second-order valence-electron chi connectivity index (χ2n) is 2.89. The third-order valence-corrected chi connectivity index (χ3v) is 2.04. The third-order valence-electron chi connectivity index (χ3n) is 1.57. The van der Waals surface area contributed by atoms with E-state index in [2.05, 4.69) is 20.9 Å². The van der Waals surface area contributed by atoms with Gasteiger partial charge in [-0.15, -0.1) is 0 Å². The minimum atomic E-state index is -4.16. The molecule has 0 saturated carbocycles. The zero-order valence-electron chi connectivity index (χ0n) is 7.72. The summed E-state index contributed by atoms with van der Waals surface area (Å²) in [5, 5.41) is 0. The van der Waals surface area contributed by atoms with Crippen molar-refractivity contribution in [1.29, 1.82) is 0 Å². The summed E-state index contributed by atoms with van der Waals surface area (Å²) in [4.78, 5) is 3.96. The minimum Gasteiger partial charge on any atom is -0.375 e. The molecule has 0 amide bonds. The van der Waals surface area contributed by atoms with Crippen molar-refractivity contribution in [3.63, 3.8) is 0 Å². The van der Waals surface area contributed by atoms with Crippen LogP contribution in [-0.4, -0.2) is 17.8 Å². The lowest BCUT2D eigenvalue weighted by Gasteiger charge is -2.06. The van der Waals surface area contributed by atoms with Crippen LogP contribution in [0.1, 0.15) is 12.1 Å². The molecule has 1 rings (SSSR count). The van der Waals surface area contributed by atoms with Crippen molar-refractivity contribution in [3.8, 4) is 0 Å². The predicted molar refractivity (Wildman–Crippen MR) is 52.3 cm³/mol. The Hall–Kier alpha value is -0.620. The van der Waals surface area contributed by atoms with Crippen LogP contribution in [0.5, 0.6) is 0 Å². The molecule has 0 spiro atoms. The maximum atomic E-state index is 11.7. The molecule has 0 bridgehead atoms. The molecule has 0 unspecified atom stereocenters. The SMILES string of the molecule is FC(F)(F)CCOCc1ccc(Br)cn1. The van der Waals surface area contributed by atoms with Crippen molar-refractivity contribution < 1.29 is 17.9 Å². The zero-order chi connectivity index (χ0) is 11.3. The lowest BCUT2D eigenvalue weighted by Crippen LogP contribution is -2.11. The molecule has 0 fully saturated rings. The first-order valence-corrected chi connectivity index (χ1v) is 5.01. The smallest absolute Gasteiger partial charge is 0.375 e. The molecule has 6 heteroatoms. The Labute approximate surface area is 93.6 Å². The highest BCUT2D eigenvalue weighted by Crippen LogP contribution is 2.19. The van der Waals surface area contributed by atoms with Crippen LogP contribution in [0.2, 0.25) is 0 Å². The van der Waals surface area contributed by atoms with Crippen LogP contribution in [-0.2, 0) is 11.3 Å². The fourth-order valence-corrected chi connectivity index (χ4v) is 1.09. The minimum absolute atomic E-state index is 0.101. The number of alkyl halides is 3. The van der Waals surface area contributed by atoms with Crippen molar-refractivity contribution in [2.45, 2.75) is 19.2 Å². The van der Waals surface area contributed by atoms with Crippen LogP contribution < -0.4 is 0 Å². The van der Waals surface area contributed by atoms with E-state index in [1.165, 1.54) is 0 Å². The Kier molecular flexibility index (Phi) is 4.53.